The van der Waals surface area contributed by atoms with Gasteiger partial charge in [-0.05, 0) is 25.2 Å². The number of nitrogens with zero attached hydrogens (tertiary/aromatic N) is 4. The monoisotopic (exact) mass is 368 g/mol. The molecule has 1 aliphatic rings. The highest BCUT2D eigenvalue weighted by Gasteiger charge is 2.24. The second-order valence-corrected chi connectivity index (χ2v) is 7.48. The van der Waals surface area contributed by atoms with Gasteiger partial charge in [0.05, 0.1) is 11.9 Å². The number of nitrogens with one attached hydrogen (secondary N) is 2. The topological polar surface area (TPSA) is 96.5 Å². The fourth-order valence-corrected chi connectivity index (χ4v) is 4.01. The summed E-state index contributed by atoms with van der Waals surface area (Å²) in [5, 5.41) is 13.1. The van der Waals surface area contributed by atoms with Gasteiger partial charge < -0.3 is 5.32 Å². The van der Waals surface area contributed by atoms with Crippen LogP contribution < -0.4 is 5.32 Å². The highest BCUT2D eigenvalue weighted by Crippen LogP contribution is 2.26. The molecule has 0 radical (unpaired) electrons. The van der Waals surface area contributed by atoms with E-state index in [2.05, 4.69) is 37.4 Å². The van der Waals surface area contributed by atoms with Gasteiger partial charge >= 0.3 is 0 Å². The lowest BCUT2D eigenvalue weighted by Crippen LogP contribution is -2.27. The number of fused-ring (bicyclic) bond motifs is 1. The molecule has 0 saturated carbocycles. The first-order chi connectivity index (χ1) is 12.7. The molecule has 0 fully saturated rings. The van der Waals surface area contributed by atoms with Crippen LogP contribution in [-0.2, 0) is 19.3 Å². The van der Waals surface area contributed by atoms with Crippen molar-refractivity contribution in [1.29, 1.82) is 0 Å². The minimum atomic E-state index is -0.110. The molecule has 1 amide bonds. The van der Waals surface area contributed by atoms with Crippen LogP contribution in [0.4, 0.5) is 0 Å². The zero-order valence-corrected chi connectivity index (χ0v) is 15.3. The Bertz CT molecular complexity index is 904. The summed E-state index contributed by atoms with van der Waals surface area (Å²) in [6.45, 7) is 2.74. The van der Waals surface area contributed by atoms with E-state index < -0.39 is 0 Å². The van der Waals surface area contributed by atoms with E-state index in [4.69, 9.17) is 0 Å². The molecule has 26 heavy (non-hydrogen) atoms. The summed E-state index contributed by atoms with van der Waals surface area (Å²) in [6.07, 6.45) is 8.71. The number of aryl methyl sites for hydroxylation is 1. The van der Waals surface area contributed by atoms with Crippen molar-refractivity contribution in [3.05, 3.63) is 46.6 Å². The maximum atomic E-state index is 12.5. The molecule has 1 unspecified atom stereocenters. The molecule has 3 aromatic rings. The van der Waals surface area contributed by atoms with Crippen LogP contribution in [0.5, 0.6) is 0 Å². The molecule has 134 valence electrons. The highest BCUT2D eigenvalue weighted by molar-refractivity contribution is 7.13. The first-order valence-corrected chi connectivity index (χ1v) is 9.63. The Hall–Kier alpha value is -2.61. The Labute approximate surface area is 155 Å². The summed E-state index contributed by atoms with van der Waals surface area (Å²) in [5.74, 6) is 0.488. The third-order valence-corrected chi connectivity index (χ3v) is 5.52. The van der Waals surface area contributed by atoms with Gasteiger partial charge in [-0.3, -0.25) is 19.9 Å². The van der Waals surface area contributed by atoms with Crippen molar-refractivity contribution in [2.45, 2.75) is 32.6 Å². The third-order valence-electron chi connectivity index (χ3n) is 4.61. The van der Waals surface area contributed by atoms with E-state index in [-0.39, 0.29) is 5.91 Å². The summed E-state index contributed by atoms with van der Waals surface area (Å²) in [5.41, 5.74) is 4.45. The fourth-order valence-electron chi connectivity index (χ4n) is 3.19. The molecule has 7 nitrogen and oxygen atoms in total. The summed E-state index contributed by atoms with van der Waals surface area (Å²) in [7, 11) is 0. The maximum Gasteiger partial charge on any atom is 0.272 e. The van der Waals surface area contributed by atoms with Crippen molar-refractivity contribution in [3.8, 4) is 10.7 Å². The second-order valence-electron chi connectivity index (χ2n) is 6.62. The van der Waals surface area contributed by atoms with Crippen LogP contribution in [0.2, 0.25) is 0 Å². The van der Waals surface area contributed by atoms with E-state index in [0.717, 1.165) is 46.9 Å². The summed E-state index contributed by atoms with van der Waals surface area (Å²) < 4.78 is 0. The smallest absolute Gasteiger partial charge is 0.272 e. The van der Waals surface area contributed by atoms with Crippen molar-refractivity contribution in [2.24, 2.45) is 5.92 Å². The minimum Gasteiger partial charge on any atom is -0.350 e. The van der Waals surface area contributed by atoms with Crippen molar-refractivity contribution in [3.63, 3.8) is 0 Å². The molecule has 0 aliphatic heterocycles. The van der Waals surface area contributed by atoms with Crippen molar-refractivity contribution in [2.75, 3.05) is 6.54 Å². The molecule has 3 heterocycles. The lowest BCUT2D eigenvalue weighted by molar-refractivity contribution is 0.0948. The molecule has 8 heteroatoms. The number of hydrogen-bond donors (Lipinski definition) is 2. The van der Waals surface area contributed by atoms with Gasteiger partial charge in [0.25, 0.3) is 5.91 Å². The predicted octanol–water partition coefficient (Wildman–Crippen LogP) is 2.42. The lowest BCUT2D eigenvalue weighted by atomic mass is 9.87. The molecule has 0 saturated heterocycles. The standard InChI is InChI=1S/C18H20N6OS/c1-11-2-3-14-13(8-11)16(24-23-14)17(25)21-5-4-12-10-26-18(22-12)15-9-19-6-7-20-15/h6-7,9-11H,2-5,8H2,1H3,(H,21,25)(H,23,24). The van der Waals surface area contributed by atoms with Gasteiger partial charge in [-0.25, -0.2) is 4.98 Å². The van der Waals surface area contributed by atoms with Gasteiger partial charge in [0, 0.05) is 42.0 Å². The van der Waals surface area contributed by atoms with Crippen molar-refractivity contribution in [1.82, 2.24) is 30.5 Å². The number of rotatable bonds is 5. The van der Waals surface area contributed by atoms with E-state index in [9.17, 15) is 4.79 Å². The Morgan fingerprint density at radius 1 is 1.42 bits per heavy atom. The van der Waals surface area contributed by atoms with Crippen LogP contribution in [-0.4, -0.2) is 37.6 Å². The normalized spacial score (nSPS) is 16.3. The number of aromatic nitrogens is 5. The molecule has 0 bridgehead atoms. The highest BCUT2D eigenvalue weighted by atomic mass is 32.1. The van der Waals surface area contributed by atoms with Crippen LogP contribution in [0.15, 0.2) is 24.0 Å². The Morgan fingerprint density at radius 3 is 3.19 bits per heavy atom. The molecule has 1 atom stereocenters. The van der Waals surface area contributed by atoms with E-state index in [0.29, 0.717) is 24.6 Å². The van der Waals surface area contributed by atoms with E-state index in [1.54, 1.807) is 18.6 Å². The summed E-state index contributed by atoms with van der Waals surface area (Å²) >= 11 is 1.53. The van der Waals surface area contributed by atoms with Crippen molar-refractivity contribution < 1.29 is 4.79 Å². The van der Waals surface area contributed by atoms with Crippen LogP contribution in [0, 0.1) is 5.92 Å². The SMILES string of the molecule is CC1CCc2[nH]nc(C(=O)NCCc3csc(-c4cnccn4)n3)c2C1. The first-order valence-electron chi connectivity index (χ1n) is 8.76. The fraction of sp³-hybridized carbons (Fsp3) is 0.389. The zero-order valence-electron chi connectivity index (χ0n) is 14.5. The maximum absolute atomic E-state index is 12.5. The Kier molecular flexibility index (Phi) is 4.75. The van der Waals surface area contributed by atoms with Crippen LogP contribution in [0.3, 0.4) is 0 Å². The summed E-state index contributed by atoms with van der Waals surface area (Å²) in [4.78, 5) is 25.4. The first kappa shape index (κ1) is 16.8. The lowest BCUT2D eigenvalue weighted by Gasteiger charge is -2.17. The van der Waals surface area contributed by atoms with Gasteiger partial charge in [-0.15, -0.1) is 11.3 Å². The van der Waals surface area contributed by atoms with Gasteiger partial charge in [0.1, 0.15) is 10.7 Å². The molecule has 4 rings (SSSR count). The quantitative estimate of drug-likeness (QED) is 0.721. The largest absolute Gasteiger partial charge is 0.350 e. The average molecular weight is 368 g/mol. The van der Waals surface area contributed by atoms with Crippen LogP contribution >= 0.6 is 11.3 Å². The van der Waals surface area contributed by atoms with Crippen LogP contribution in [0.25, 0.3) is 10.7 Å². The summed E-state index contributed by atoms with van der Waals surface area (Å²) in [6, 6.07) is 0. The molecular formula is C18H20N6OS. The Morgan fingerprint density at radius 2 is 2.35 bits per heavy atom. The average Bonchev–Trinajstić information content (AvgIpc) is 3.29. The molecule has 0 aromatic carbocycles. The Balaban J connectivity index is 1.35. The molecule has 2 N–H and O–H groups in total. The number of carbonyl (C=O) groups excluding carboxylic acids is 1. The number of aromatic amines is 1. The number of H-pyrrole nitrogens is 1. The van der Waals surface area contributed by atoms with E-state index >= 15 is 0 Å². The minimum absolute atomic E-state index is 0.110. The second kappa shape index (κ2) is 7.33. The number of amides is 1. The van der Waals surface area contributed by atoms with Gasteiger partial charge in [0.15, 0.2) is 5.69 Å². The van der Waals surface area contributed by atoms with Crippen molar-refractivity contribution >= 4 is 17.2 Å². The van der Waals surface area contributed by atoms with Crippen LogP contribution in [0.1, 0.15) is 40.8 Å². The zero-order chi connectivity index (χ0) is 17.9. The molecule has 0 spiro atoms. The predicted molar refractivity (Wildman–Crippen MR) is 99.0 cm³/mol. The number of thiazole rings is 1. The van der Waals surface area contributed by atoms with Gasteiger partial charge in [0.2, 0.25) is 0 Å². The molecule has 1 aliphatic carbocycles. The van der Waals surface area contributed by atoms with E-state index in [1.165, 1.54) is 11.3 Å². The third kappa shape index (κ3) is 3.50. The number of hydrogen-bond acceptors (Lipinski definition) is 6. The van der Waals surface area contributed by atoms with Gasteiger partial charge in [-0.2, -0.15) is 5.10 Å². The molecular weight excluding hydrogens is 348 g/mol. The van der Waals surface area contributed by atoms with E-state index in [1.807, 2.05) is 5.38 Å². The molecule has 3 aromatic heterocycles. The van der Waals surface area contributed by atoms with Gasteiger partial charge in [-0.1, -0.05) is 6.92 Å². The number of carbonyl (C=O) groups is 1.